The molecule has 7 nitrogen and oxygen atoms in total. The maximum atomic E-state index is 12.4. The van der Waals surface area contributed by atoms with Crippen molar-refractivity contribution in [2.24, 2.45) is 5.92 Å². The Balaban J connectivity index is 1.80. The molecular formula is C18H19N5O2. The van der Waals surface area contributed by atoms with Crippen LogP contribution in [0.1, 0.15) is 29.9 Å². The van der Waals surface area contributed by atoms with Crippen molar-refractivity contribution in [3.63, 3.8) is 0 Å². The standard InChI is InChI=1S/C18H19N5O2/c1-11(2)17(24)21-14-9-13(6-5-12(14)3)20-18(25)15-10-16-19-7-4-8-23(16)22-15/h4-11H,1-3H3,(H,20,25)(H,21,24). The fourth-order valence-electron chi connectivity index (χ4n) is 2.25. The number of hydrogen-bond donors (Lipinski definition) is 2. The second kappa shape index (κ2) is 6.72. The van der Waals surface area contributed by atoms with E-state index >= 15 is 0 Å². The minimum absolute atomic E-state index is 0.0713. The van der Waals surface area contributed by atoms with Crippen LogP contribution in [0, 0.1) is 12.8 Å². The summed E-state index contributed by atoms with van der Waals surface area (Å²) in [6.45, 7) is 5.55. The van der Waals surface area contributed by atoms with Gasteiger partial charge in [-0.15, -0.1) is 0 Å². The third kappa shape index (κ3) is 3.65. The lowest BCUT2D eigenvalue weighted by Crippen LogP contribution is -2.19. The summed E-state index contributed by atoms with van der Waals surface area (Å²) in [7, 11) is 0. The zero-order valence-electron chi connectivity index (χ0n) is 14.3. The topological polar surface area (TPSA) is 88.4 Å². The highest BCUT2D eigenvalue weighted by molar-refractivity contribution is 6.04. The molecule has 0 fully saturated rings. The summed E-state index contributed by atoms with van der Waals surface area (Å²) in [5.74, 6) is -0.531. The molecule has 0 atom stereocenters. The van der Waals surface area contributed by atoms with Crippen LogP contribution < -0.4 is 10.6 Å². The molecule has 2 aromatic heterocycles. The van der Waals surface area contributed by atoms with Crippen LogP contribution in [0.25, 0.3) is 5.65 Å². The first-order valence-corrected chi connectivity index (χ1v) is 7.97. The summed E-state index contributed by atoms with van der Waals surface area (Å²) in [5.41, 5.74) is 3.05. The van der Waals surface area contributed by atoms with Crippen molar-refractivity contribution in [2.75, 3.05) is 10.6 Å². The Morgan fingerprint density at radius 2 is 1.96 bits per heavy atom. The van der Waals surface area contributed by atoms with E-state index < -0.39 is 0 Å². The van der Waals surface area contributed by atoms with E-state index in [-0.39, 0.29) is 23.4 Å². The van der Waals surface area contributed by atoms with Gasteiger partial charge in [-0.3, -0.25) is 9.59 Å². The zero-order chi connectivity index (χ0) is 18.0. The molecule has 25 heavy (non-hydrogen) atoms. The molecule has 0 unspecified atom stereocenters. The van der Waals surface area contributed by atoms with Crippen molar-refractivity contribution >= 4 is 28.8 Å². The number of carbonyl (C=O) groups excluding carboxylic acids is 2. The first-order valence-electron chi connectivity index (χ1n) is 7.97. The molecule has 128 valence electrons. The number of nitrogens with one attached hydrogen (secondary N) is 2. The molecule has 0 aliphatic carbocycles. The number of aryl methyl sites for hydroxylation is 1. The molecule has 0 radical (unpaired) electrons. The molecule has 3 rings (SSSR count). The summed E-state index contributed by atoms with van der Waals surface area (Å²) in [5, 5.41) is 9.85. The SMILES string of the molecule is Cc1ccc(NC(=O)c2cc3ncccn3n2)cc1NC(=O)C(C)C. The maximum absolute atomic E-state index is 12.4. The molecule has 0 spiro atoms. The summed E-state index contributed by atoms with van der Waals surface area (Å²) in [6, 6.07) is 8.72. The van der Waals surface area contributed by atoms with Gasteiger partial charge in [-0.05, 0) is 30.7 Å². The largest absolute Gasteiger partial charge is 0.326 e. The maximum Gasteiger partial charge on any atom is 0.276 e. The number of aromatic nitrogens is 3. The van der Waals surface area contributed by atoms with E-state index in [9.17, 15) is 9.59 Å². The number of anilines is 2. The van der Waals surface area contributed by atoms with Gasteiger partial charge in [0.05, 0.1) is 0 Å². The number of rotatable bonds is 4. The molecule has 2 N–H and O–H groups in total. The molecule has 0 saturated heterocycles. The Morgan fingerprint density at radius 3 is 2.68 bits per heavy atom. The van der Waals surface area contributed by atoms with Gasteiger partial charge in [0.15, 0.2) is 11.3 Å². The van der Waals surface area contributed by atoms with Gasteiger partial charge in [-0.2, -0.15) is 5.10 Å². The third-order valence-electron chi connectivity index (χ3n) is 3.75. The second-order valence-electron chi connectivity index (χ2n) is 6.08. The highest BCUT2D eigenvalue weighted by atomic mass is 16.2. The first kappa shape index (κ1) is 16.6. The lowest BCUT2D eigenvalue weighted by molar-refractivity contribution is -0.118. The van der Waals surface area contributed by atoms with E-state index in [2.05, 4.69) is 20.7 Å². The van der Waals surface area contributed by atoms with Gasteiger partial charge in [0, 0.05) is 35.8 Å². The van der Waals surface area contributed by atoms with Gasteiger partial charge >= 0.3 is 0 Å². The fourth-order valence-corrected chi connectivity index (χ4v) is 2.25. The summed E-state index contributed by atoms with van der Waals surface area (Å²) in [4.78, 5) is 28.4. The minimum Gasteiger partial charge on any atom is -0.326 e. The van der Waals surface area contributed by atoms with Crippen molar-refractivity contribution in [2.45, 2.75) is 20.8 Å². The molecule has 7 heteroatoms. The van der Waals surface area contributed by atoms with Crippen molar-refractivity contribution in [3.05, 3.63) is 54.0 Å². The quantitative estimate of drug-likeness (QED) is 0.766. The Kier molecular flexibility index (Phi) is 4.47. The van der Waals surface area contributed by atoms with Crippen molar-refractivity contribution < 1.29 is 9.59 Å². The predicted molar refractivity (Wildman–Crippen MR) is 95.6 cm³/mol. The van der Waals surface area contributed by atoms with Crippen LogP contribution in [0.2, 0.25) is 0 Å². The number of benzene rings is 1. The van der Waals surface area contributed by atoms with Crippen LogP contribution in [-0.2, 0) is 4.79 Å². The van der Waals surface area contributed by atoms with Gasteiger partial charge in [0.1, 0.15) is 0 Å². The van der Waals surface area contributed by atoms with Gasteiger partial charge in [-0.25, -0.2) is 9.50 Å². The number of carbonyl (C=O) groups is 2. The first-order chi connectivity index (χ1) is 11.9. The van der Waals surface area contributed by atoms with Crippen LogP contribution in [-0.4, -0.2) is 26.4 Å². The summed E-state index contributed by atoms with van der Waals surface area (Å²) >= 11 is 0. The van der Waals surface area contributed by atoms with E-state index in [1.807, 2.05) is 26.8 Å². The lowest BCUT2D eigenvalue weighted by Gasteiger charge is -2.12. The van der Waals surface area contributed by atoms with E-state index in [4.69, 9.17) is 0 Å². The third-order valence-corrected chi connectivity index (χ3v) is 3.75. The Bertz CT molecular complexity index is 913. The average Bonchev–Trinajstić information content (AvgIpc) is 3.02. The Hall–Kier alpha value is -3.22. The highest BCUT2D eigenvalue weighted by Crippen LogP contribution is 2.21. The van der Waals surface area contributed by atoms with Crippen LogP contribution in [0.4, 0.5) is 11.4 Å². The molecule has 1 aromatic carbocycles. The molecular weight excluding hydrogens is 318 g/mol. The normalized spacial score (nSPS) is 10.9. The average molecular weight is 337 g/mol. The van der Waals surface area contributed by atoms with E-state index in [1.165, 1.54) is 0 Å². The van der Waals surface area contributed by atoms with Gasteiger partial charge < -0.3 is 10.6 Å². The molecule has 0 aliphatic rings. The van der Waals surface area contributed by atoms with Gasteiger partial charge in [-0.1, -0.05) is 19.9 Å². The van der Waals surface area contributed by atoms with Gasteiger partial charge in [0.2, 0.25) is 5.91 Å². The van der Waals surface area contributed by atoms with E-state index in [0.717, 1.165) is 5.56 Å². The van der Waals surface area contributed by atoms with Gasteiger partial charge in [0.25, 0.3) is 5.91 Å². The Morgan fingerprint density at radius 1 is 1.16 bits per heavy atom. The fraction of sp³-hybridized carbons (Fsp3) is 0.222. The molecule has 2 amide bonds. The predicted octanol–water partition coefficient (Wildman–Crippen LogP) is 2.88. The molecule has 0 aliphatic heterocycles. The zero-order valence-corrected chi connectivity index (χ0v) is 14.3. The molecule has 0 bridgehead atoms. The molecule has 3 aromatic rings. The van der Waals surface area contributed by atoms with E-state index in [1.54, 1.807) is 41.2 Å². The lowest BCUT2D eigenvalue weighted by atomic mass is 10.1. The number of hydrogen-bond acceptors (Lipinski definition) is 4. The molecule has 2 heterocycles. The molecule has 0 saturated carbocycles. The van der Waals surface area contributed by atoms with Crippen molar-refractivity contribution in [1.82, 2.24) is 14.6 Å². The van der Waals surface area contributed by atoms with Crippen molar-refractivity contribution in [1.29, 1.82) is 0 Å². The summed E-state index contributed by atoms with van der Waals surface area (Å²) < 4.78 is 1.54. The van der Waals surface area contributed by atoms with Crippen LogP contribution in [0.15, 0.2) is 42.7 Å². The van der Waals surface area contributed by atoms with E-state index in [0.29, 0.717) is 17.0 Å². The summed E-state index contributed by atoms with van der Waals surface area (Å²) in [6.07, 6.45) is 3.37. The highest BCUT2D eigenvalue weighted by Gasteiger charge is 2.13. The smallest absolute Gasteiger partial charge is 0.276 e. The van der Waals surface area contributed by atoms with Crippen LogP contribution >= 0.6 is 0 Å². The number of fused-ring (bicyclic) bond motifs is 1. The number of amides is 2. The Labute approximate surface area is 145 Å². The van der Waals surface area contributed by atoms with Crippen molar-refractivity contribution in [3.8, 4) is 0 Å². The minimum atomic E-state index is -0.338. The van der Waals surface area contributed by atoms with Crippen LogP contribution in [0.5, 0.6) is 0 Å². The monoisotopic (exact) mass is 337 g/mol. The second-order valence-corrected chi connectivity index (χ2v) is 6.08. The van der Waals surface area contributed by atoms with Crippen LogP contribution in [0.3, 0.4) is 0 Å². The number of nitrogens with zero attached hydrogens (tertiary/aromatic N) is 3.